The Hall–Kier alpha value is 0.490. The first kappa shape index (κ1) is 21.5. The second kappa shape index (κ2) is 8.95. The molecule has 0 radical (unpaired) electrons. The van der Waals surface area contributed by atoms with Gasteiger partial charge < -0.3 is 5.32 Å². The Labute approximate surface area is 153 Å². The lowest BCUT2D eigenvalue weighted by atomic mass is 9.81. The minimum absolute atomic E-state index is 0. The molecule has 1 atom stereocenters. The van der Waals surface area contributed by atoms with Crippen LogP contribution in [0, 0.1) is 5.41 Å². The molecule has 0 unspecified atom stereocenters. The second-order valence-electron chi connectivity index (χ2n) is 6.22. The van der Waals surface area contributed by atoms with Gasteiger partial charge in [0.1, 0.15) is 0 Å². The van der Waals surface area contributed by atoms with E-state index in [0.717, 1.165) is 35.7 Å². The van der Waals surface area contributed by atoms with Crippen LogP contribution in [0.1, 0.15) is 32.4 Å². The van der Waals surface area contributed by atoms with Gasteiger partial charge in [-0.3, -0.25) is 4.90 Å². The standard InChI is InChI=1S/C15H22BrClN2.2ClH/c1-15(2,3)14(19-8-6-18-7-9-19)12-10-11(16)4-5-13(12)17;;/h4-5,10,14,18H,6-9H2,1-3H3;2*1H/t14-;;/m1../s1. The van der Waals surface area contributed by atoms with Crippen molar-refractivity contribution >= 4 is 52.3 Å². The highest BCUT2D eigenvalue weighted by Crippen LogP contribution is 2.41. The number of hydrogen-bond acceptors (Lipinski definition) is 2. The lowest BCUT2D eigenvalue weighted by Gasteiger charge is -2.43. The Kier molecular flexibility index (Phi) is 9.16. The SMILES string of the molecule is CC(C)(C)[C@@H](c1cc(Br)ccc1Cl)N1CCNCC1.Cl.Cl. The van der Waals surface area contributed by atoms with Crippen molar-refractivity contribution in [3.63, 3.8) is 0 Å². The summed E-state index contributed by atoms with van der Waals surface area (Å²) in [5.74, 6) is 0. The van der Waals surface area contributed by atoms with Crippen molar-refractivity contribution in [2.45, 2.75) is 26.8 Å². The summed E-state index contributed by atoms with van der Waals surface area (Å²) < 4.78 is 1.09. The predicted molar refractivity (Wildman–Crippen MR) is 100 cm³/mol. The summed E-state index contributed by atoms with van der Waals surface area (Å²) in [4.78, 5) is 2.55. The van der Waals surface area contributed by atoms with Crippen LogP contribution < -0.4 is 5.32 Å². The third-order valence-electron chi connectivity index (χ3n) is 3.59. The number of piperazine rings is 1. The maximum atomic E-state index is 6.45. The van der Waals surface area contributed by atoms with Crippen LogP contribution in [-0.4, -0.2) is 31.1 Å². The second-order valence-corrected chi connectivity index (χ2v) is 7.54. The van der Waals surface area contributed by atoms with E-state index in [1.54, 1.807) is 0 Å². The Bertz CT molecular complexity index is 443. The molecule has 1 aromatic carbocycles. The summed E-state index contributed by atoms with van der Waals surface area (Å²) in [5, 5.41) is 4.28. The Balaban J connectivity index is 0.00000200. The van der Waals surface area contributed by atoms with Crippen molar-refractivity contribution in [2.24, 2.45) is 5.41 Å². The van der Waals surface area contributed by atoms with Gasteiger partial charge in [0, 0.05) is 41.7 Å². The van der Waals surface area contributed by atoms with E-state index in [9.17, 15) is 0 Å². The first-order chi connectivity index (χ1) is 8.89. The summed E-state index contributed by atoms with van der Waals surface area (Å²) in [5.41, 5.74) is 1.38. The largest absolute Gasteiger partial charge is 0.314 e. The van der Waals surface area contributed by atoms with Gasteiger partial charge in [0.2, 0.25) is 0 Å². The van der Waals surface area contributed by atoms with Crippen LogP contribution in [0.2, 0.25) is 5.02 Å². The topological polar surface area (TPSA) is 15.3 Å². The molecule has 0 spiro atoms. The maximum Gasteiger partial charge on any atom is 0.0454 e. The first-order valence-corrected chi connectivity index (χ1v) is 7.96. The van der Waals surface area contributed by atoms with Crippen LogP contribution in [0.3, 0.4) is 0 Å². The van der Waals surface area contributed by atoms with E-state index in [1.165, 1.54) is 5.56 Å². The predicted octanol–water partition coefficient (Wildman–Crippen LogP) is 4.94. The van der Waals surface area contributed by atoms with Gasteiger partial charge in [-0.25, -0.2) is 0 Å². The summed E-state index contributed by atoms with van der Waals surface area (Å²) in [7, 11) is 0. The van der Waals surface area contributed by atoms with Gasteiger partial charge in [-0.1, -0.05) is 48.3 Å². The molecule has 0 aromatic heterocycles. The van der Waals surface area contributed by atoms with E-state index < -0.39 is 0 Å². The molecule has 21 heavy (non-hydrogen) atoms. The summed E-state index contributed by atoms with van der Waals surface area (Å²) in [6.45, 7) is 11.1. The van der Waals surface area contributed by atoms with Gasteiger partial charge >= 0.3 is 0 Å². The van der Waals surface area contributed by atoms with Crippen LogP contribution in [0.15, 0.2) is 22.7 Å². The average Bonchev–Trinajstić information content (AvgIpc) is 2.33. The number of nitrogens with one attached hydrogen (secondary N) is 1. The van der Waals surface area contributed by atoms with E-state index >= 15 is 0 Å². The van der Waals surface area contributed by atoms with E-state index in [0.29, 0.717) is 6.04 Å². The molecule has 1 N–H and O–H groups in total. The molecular formula is C15H24BrCl3N2. The maximum absolute atomic E-state index is 6.45. The van der Waals surface area contributed by atoms with Crippen molar-refractivity contribution in [2.75, 3.05) is 26.2 Å². The van der Waals surface area contributed by atoms with Crippen LogP contribution >= 0.6 is 52.3 Å². The van der Waals surface area contributed by atoms with Crippen LogP contribution in [0.5, 0.6) is 0 Å². The van der Waals surface area contributed by atoms with Crippen LogP contribution in [0.4, 0.5) is 0 Å². The fourth-order valence-electron chi connectivity index (χ4n) is 2.88. The number of nitrogens with zero attached hydrogens (tertiary/aromatic N) is 1. The van der Waals surface area contributed by atoms with Crippen molar-refractivity contribution in [1.29, 1.82) is 0 Å². The van der Waals surface area contributed by atoms with Crippen molar-refractivity contribution in [1.82, 2.24) is 10.2 Å². The zero-order chi connectivity index (χ0) is 14.0. The Morgan fingerprint density at radius 1 is 1.19 bits per heavy atom. The molecule has 122 valence electrons. The fourth-order valence-corrected chi connectivity index (χ4v) is 3.48. The third kappa shape index (κ3) is 5.56. The van der Waals surface area contributed by atoms with Gasteiger partial charge in [-0.05, 0) is 29.2 Å². The lowest BCUT2D eigenvalue weighted by Crippen LogP contribution is -2.48. The van der Waals surface area contributed by atoms with Gasteiger partial charge in [0.05, 0.1) is 0 Å². The highest BCUT2D eigenvalue weighted by Gasteiger charge is 2.33. The van der Waals surface area contributed by atoms with Crippen molar-refractivity contribution < 1.29 is 0 Å². The van der Waals surface area contributed by atoms with Gasteiger partial charge in [-0.2, -0.15) is 0 Å². The van der Waals surface area contributed by atoms with Crippen LogP contribution in [-0.2, 0) is 0 Å². The molecule has 1 aliphatic heterocycles. The molecule has 2 nitrogen and oxygen atoms in total. The number of rotatable bonds is 2. The third-order valence-corrected chi connectivity index (χ3v) is 4.43. The van der Waals surface area contributed by atoms with E-state index in [4.69, 9.17) is 11.6 Å². The number of benzene rings is 1. The fraction of sp³-hybridized carbons (Fsp3) is 0.600. The minimum Gasteiger partial charge on any atom is -0.314 e. The lowest BCUT2D eigenvalue weighted by molar-refractivity contribution is 0.0862. The summed E-state index contributed by atoms with van der Waals surface area (Å²) >= 11 is 10.0. The minimum atomic E-state index is 0. The molecule has 0 saturated carbocycles. The highest BCUT2D eigenvalue weighted by atomic mass is 79.9. The van der Waals surface area contributed by atoms with Gasteiger partial charge in [0.15, 0.2) is 0 Å². The molecule has 0 aliphatic carbocycles. The molecule has 0 amide bonds. The van der Waals surface area contributed by atoms with Gasteiger partial charge in [-0.15, -0.1) is 24.8 Å². The molecule has 6 heteroatoms. The molecule has 2 rings (SSSR count). The van der Waals surface area contributed by atoms with E-state index in [-0.39, 0.29) is 30.2 Å². The molecule has 1 fully saturated rings. The number of halogens is 4. The van der Waals surface area contributed by atoms with E-state index in [1.807, 2.05) is 12.1 Å². The average molecular weight is 419 g/mol. The number of hydrogen-bond donors (Lipinski definition) is 1. The zero-order valence-corrected chi connectivity index (χ0v) is 16.6. The zero-order valence-electron chi connectivity index (χ0n) is 12.7. The highest BCUT2D eigenvalue weighted by molar-refractivity contribution is 9.10. The molecule has 1 aromatic rings. The molecule has 1 aliphatic rings. The van der Waals surface area contributed by atoms with Gasteiger partial charge in [0.25, 0.3) is 0 Å². The first-order valence-electron chi connectivity index (χ1n) is 6.79. The quantitative estimate of drug-likeness (QED) is 0.732. The normalized spacial score (nSPS) is 17.6. The summed E-state index contributed by atoms with van der Waals surface area (Å²) in [6, 6.07) is 6.51. The Morgan fingerprint density at radius 2 is 1.76 bits per heavy atom. The molecule has 1 saturated heterocycles. The summed E-state index contributed by atoms with van der Waals surface area (Å²) in [6.07, 6.45) is 0. The van der Waals surface area contributed by atoms with Crippen molar-refractivity contribution in [3.8, 4) is 0 Å². The smallest absolute Gasteiger partial charge is 0.0454 e. The van der Waals surface area contributed by atoms with E-state index in [2.05, 4.69) is 53.0 Å². The molecular weight excluding hydrogens is 394 g/mol. The Morgan fingerprint density at radius 3 is 2.29 bits per heavy atom. The van der Waals surface area contributed by atoms with Crippen molar-refractivity contribution in [3.05, 3.63) is 33.3 Å². The monoisotopic (exact) mass is 416 g/mol. The van der Waals surface area contributed by atoms with Crippen LogP contribution in [0.25, 0.3) is 0 Å². The molecule has 0 bridgehead atoms. The molecule has 1 heterocycles.